The summed E-state index contributed by atoms with van der Waals surface area (Å²) in [5, 5.41) is 2.81. The predicted octanol–water partition coefficient (Wildman–Crippen LogP) is 5.60. The minimum Gasteiger partial charge on any atom is -0.490 e. The van der Waals surface area contributed by atoms with Crippen LogP contribution in [0.2, 0.25) is 0 Å². The van der Waals surface area contributed by atoms with Gasteiger partial charge in [0.1, 0.15) is 5.75 Å². The lowest BCUT2D eigenvalue weighted by Crippen LogP contribution is -2.41. The summed E-state index contributed by atoms with van der Waals surface area (Å²) in [5.41, 5.74) is 3.56. The molecule has 3 atom stereocenters. The van der Waals surface area contributed by atoms with E-state index in [9.17, 15) is 13.2 Å². The number of carbonyl (C=O) groups excluding carboxylic acids is 1. The van der Waals surface area contributed by atoms with Crippen molar-refractivity contribution in [2.45, 2.75) is 69.5 Å². The first-order valence-electron chi connectivity index (χ1n) is 13.1. The maximum absolute atomic E-state index is 13.1. The highest BCUT2D eigenvalue weighted by molar-refractivity contribution is 7.90. The Morgan fingerprint density at radius 1 is 1.28 bits per heavy atom. The number of allylic oxidation sites excluding steroid dienone is 1. The number of carbonyl (C=O) groups is 1. The van der Waals surface area contributed by atoms with Gasteiger partial charge in [0, 0.05) is 17.5 Å². The van der Waals surface area contributed by atoms with Crippen molar-refractivity contribution in [2.75, 3.05) is 18.5 Å². The smallest absolute Gasteiger partial charge is 0.264 e. The summed E-state index contributed by atoms with van der Waals surface area (Å²) < 4.78 is 34.7. The molecule has 0 saturated carbocycles. The lowest BCUT2D eigenvalue weighted by molar-refractivity contribution is 0.0980. The van der Waals surface area contributed by atoms with E-state index in [0.717, 1.165) is 38.5 Å². The highest BCUT2D eigenvalue weighted by atomic mass is 32.2. The van der Waals surface area contributed by atoms with Gasteiger partial charge in [-0.05, 0) is 74.3 Å². The molecule has 0 radical (unpaired) electrons. The van der Waals surface area contributed by atoms with Gasteiger partial charge in [-0.15, -0.1) is 6.58 Å². The average molecular weight is 511 g/mol. The third-order valence-electron chi connectivity index (χ3n) is 7.84. The molecule has 7 heteroatoms. The fourth-order valence-electron chi connectivity index (χ4n) is 5.57. The quantitative estimate of drug-likeness (QED) is 0.429. The fourth-order valence-corrected chi connectivity index (χ4v) is 6.88. The third-order valence-corrected chi connectivity index (χ3v) is 9.67. The van der Waals surface area contributed by atoms with Crippen LogP contribution in [0.4, 0.5) is 5.69 Å². The van der Waals surface area contributed by atoms with Crippen LogP contribution < -0.4 is 14.8 Å². The zero-order valence-corrected chi connectivity index (χ0v) is 22.2. The molecule has 0 fully saturated rings. The van der Waals surface area contributed by atoms with Gasteiger partial charge < -0.3 is 10.1 Å². The van der Waals surface area contributed by atoms with Gasteiger partial charge >= 0.3 is 0 Å². The Morgan fingerprint density at radius 3 is 2.86 bits per heavy atom. The van der Waals surface area contributed by atoms with E-state index in [1.54, 1.807) is 31.2 Å². The number of amides is 1. The number of hydrogen-bond acceptors (Lipinski definition) is 5. The SMILES string of the molecule is C=CC[C@H](CCCC)[C@@H](C)S(=O)(=O)NC(=O)c1ccc2c(c1)NCC1(CCCc3ccccc31)CO2. The Morgan fingerprint density at radius 2 is 2.08 bits per heavy atom. The van der Waals surface area contributed by atoms with E-state index in [2.05, 4.69) is 47.8 Å². The van der Waals surface area contributed by atoms with Crippen LogP contribution in [0, 0.1) is 5.92 Å². The number of sulfonamides is 1. The van der Waals surface area contributed by atoms with Gasteiger partial charge in [0.05, 0.1) is 17.5 Å². The van der Waals surface area contributed by atoms with Crippen LogP contribution in [0.25, 0.3) is 0 Å². The van der Waals surface area contributed by atoms with Gasteiger partial charge in [-0.1, -0.05) is 50.1 Å². The number of fused-ring (bicyclic) bond motifs is 3. The zero-order valence-electron chi connectivity index (χ0n) is 21.4. The number of nitrogens with one attached hydrogen (secondary N) is 2. The topological polar surface area (TPSA) is 84.5 Å². The number of ether oxygens (including phenoxy) is 1. The first-order chi connectivity index (χ1) is 17.3. The molecule has 2 N–H and O–H groups in total. The average Bonchev–Trinajstić information content (AvgIpc) is 3.06. The molecule has 0 bridgehead atoms. The maximum atomic E-state index is 13.1. The maximum Gasteiger partial charge on any atom is 0.264 e. The van der Waals surface area contributed by atoms with Crippen molar-refractivity contribution >= 4 is 21.6 Å². The van der Waals surface area contributed by atoms with Crippen molar-refractivity contribution < 1.29 is 17.9 Å². The molecule has 1 aliphatic carbocycles. The molecule has 1 heterocycles. The van der Waals surface area contributed by atoms with Crippen LogP contribution in [-0.4, -0.2) is 32.7 Å². The van der Waals surface area contributed by atoms with Crippen LogP contribution in [0.1, 0.15) is 73.9 Å². The normalized spacial score (nSPS) is 20.6. The van der Waals surface area contributed by atoms with Crippen LogP contribution >= 0.6 is 0 Å². The molecular formula is C29H38N2O4S. The summed E-state index contributed by atoms with van der Waals surface area (Å²) in [4.78, 5) is 13.0. The Bertz CT molecular complexity index is 1210. The second-order valence-corrected chi connectivity index (χ2v) is 12.3. The lowest BCUT2D eigenvalue weighted by atomic mass is 9.70. The van der Waals surface area contributed by atoms with Crippen molar-refractivity contribution in [2.24, 2.45) is 5.92 Å². The van der Waals surface area contributed by atoms with Crippen LogP contribution in [0.15, 0.2) is 55.1 Å². The second kappa shape index (κ2) is 11.1. The van der Waals surface area contributed by atoms with E-state index in [0.29, 0.717) is 31.0 Å². The standard InChI is InChI=1S/C29H38N2O4S/c1-4-6-11-22(10-5-2)21(3)36(33,34)31-28(32)24-15-16-27-26(18-24)30-19-29(20-35-27)17-9-13-23-12-7-8-14-25(23)29/h5,7-8,12,14-16,18,21-22,30H,2,4,6,9-11,13,17,19-20H2,1,3H3,(H,31,32)/t21-,22-,29?/m1/s1. The van der Waals surface area contributed by atoms with E-state index in [4.69, 9.17) is 4.74 Å². The summed E-state index contributed by atoms with van der Waals surface area (Å²) in [6, 6.07) is 13.6. The summed E-state index contributed by atoms with van der Waals surface area (Å²) in [6.45, 7) is 8.78. The van der Waals surface area contributed by atoms with Gasteiger partial charge in [-0.2, -0.15) is 0 Å². The van der Waals surface area contributed by atoms with Crippen molar-refractivity contribution in [3.63, 3.8) is 0 Å². The Hall–Kier alpha value is -2.80. The molecule has 194 valence electrons. The van der Waals surface area contributed by atoms with Crippen LogP contribution in [-0.2, 0) is 21.9 Å². The van der Waals surface area contributed by atoms with Crippen molar-refractivity contribution in [3.8, 4) is 5.75 Å². The van der Waals surface area contributed by atoms with Crippen LogP contribution in [0.5, 0.6) is 5.75 Å². The van der Waals surface area contributed by atoms with E-state index in [-0.39, 0.29) is 16.9 Å². The highest BCUT2D eigenvalue weighted by Crippen LogP contribution is 2.41. The largest absolute Gasteiger partial charge is 0.490 e. The van der Waals surface area contributed by atoms with Crippen molar-refractivity contribution in [1.82, 2.24) is 4.72 Å². The lowest BCUT2D eigenvalue weighted by Gasteiger charge is -2.37. The molecule has 2 aromatic carbocycles. The van der Waals surface area contributed by atoms with Crippen molar-refractivity contribution in [1.29, 1.82) is 0 Å². The summed E-state index contributed by atoms with van der Waals surface area (Å²) in [6.07, 6.45) is 8.27. The molecule has 36 heavy (non-hydrogen) atoms. The van der Waals surface area contributed by atoms with Crippen LogP contribution in [0.3, 0.4) is 0 Å². The molecule has 4 rings (SSSR count). The summed E-state index contributed by atoms with van der Waals surface area (Å²) >= 11 is 0. The molecular weight excluding hydrogens is 472 g/mol. The fraction of sp³-hybridized carbons (Fsp3) is 0.483. The molecule has 1 unspecified atom stereocenters. The second-order valence-electron chi connectivity index (χ2n) is 10.3. The number of benzene rings is 2. The van der Waals surface area contributed by atoms with Gasteiger partial charge in [0.15, 0.2) is 0 Å². The molecule has 2 aliphatic rings. The van der Waals surface area contributed by atoms with E-state index in [1.807, 2.05) is 0 Å². The minimum absolute atomic E-state index is 0.0792. The Kier molecular flexibility index (Phi) is 8.08. The first-order valence-corrected chi connectivity index (χ1v) is 14.6. The number of hydrogen-bond donors (Lipinski definition) is 2. The van der Waals surface area contributed by atoms with E-state index < -0.39 is 21.2 Å². The number of anilines is 1. The molecule has 0 aromatic heterocycles. The molecule has 0 saturated heterocycles. The van der Waals surface area contributed by atoms with Gasteiger partial charge in [-0.25, -0.2) is 13.1 Å². The molecule has 2 aromatic rings. The monoisotopic (exact) mass is 510 g/mol. The van der Waals surface area contributed by atoms with Gasteiger partial charge in [0.25, 0.3) is 5.91 Å². The molecule has 1 amide bonds. The van der Waals surface area contributed by atoms with E-state index >= 15 is 0 Å². The molecule has 1 aliphatic heterocycles. The molecule has 1 spiro atoms. The van der Waals surface area contributed by atoms with Crippen molar-refractivity contribution in [3.05, 3.63) is 71.8 Å². The Labute approximate surface area is 215 Å². The summed E-state index contributed by atoms with van der Waals surface area (Å²) in [5.74, 6) is -0.0287. The third kappa shape index (κ3) is 5.46. The van der Waals surface area contributed by atoms with E-state index in [1.165, 1.54) is 11.1 Å². The minimum atomic E-state index is -3.84. The molecule has 6 nitrogen and oxygen atoms in total. The first kappa shape index (κ1) is 26.3. The number of unbranched alkanes of at least 4 members (excludes halogenated alkanes) is 1. The predicted molar refractivity (Wildman–Crippen MR) is 145 cm³/mol. The number of rotatable bonds is 9. The Balaban J connectivity index is 1.49. The van der Waals surface area contributed by atoms with Gasteiger partial charge in [-0.3, -0.25) is 4.79 Å². The number of aryl methyl sites for hydroxylation is 1. The highest BCUT2D eigenvalue weighted by Gasteiger charge is 2.39. The van der Waals surface area contributed by atoms with Gasteiger partial charge in [0.2, 0.25) is 10.0 Å². The summed E-state index contributed by atoms with van der Waals surface area (Å²) in [7, 11) is -3.84. The zero-order chi connectivity index (χ0) is 25.8.